The minimum atomic E-state index is -0.159. The van der Waals surface area contributed by atoms with Gasteiger partial charge < -0.3 is 9.14 Å². The molecule has 0 bridgehead atoms. The van der Waals surface area contributed by atoms with Crippen molar-refractivity contribution in [1.29, 1.82) is 0 Å². The maximum Gasteiger partial charge on any atom is 0.128 e. The first-order chi connectivity index (χ1) is 22.7. The third kappa shape index (κ3) is 4.07. The van der Waals surface area contributed by atoms with Crippen molar-refractivity contribution in [3.63, 3.8) is 0 Å². The van der Waals surface area contributed by atoms with Crippen LogP contribution >= 0.6 is 0 Å². The van der Waals surface area contributed by atoms with Gasteiger partial charge in [-0.2, -0.15) is 0 Å². The average molecular weight is 610 g/mol. The molecular formula is C43H35N3O. The summed E-state index contributed by atoms with van der Waals surface area (Å²) in [7, 11) is 0. The number of pyridine rings is 2. The van der Waals surface area contributed by atoms with Crippen LogP contribution in [0.15, 0.2) is 122 Å². The number of hydrogen-bond acceptors (Lipinski definition) is 3. The Hall–Kier alpha value is -5.48. The number of ether oxygens (including phenoxy) is 1. The van der Waals surface area contributed by atoms with Crippen LogP contribution in [0.2, 0.25) is 0 Å². The summed E-state index contributed by atoms with van der Waals surface area (Å²) in [5.41, 5.74) is 12.9. The molecule has 4 heterocycles. The van der Waals surface area contributed by atoms with Gasteiger partial charge in [-0.25, -0.2) is 0 Å². The fourth-order valence-electron chi connectivity index (χ4n) is 7.71. The van der Waals surface area contributed by atoms with Crippen molar-refractivity contribution in [2.45, 2.75) is 45.4 Å². The van der Waals surface area contributed by atoms with Crippen LogP contribution < -0.4 is 4.74 Å². The average Bonchev–Trinajstić information content (AvgIpc) is 3.68. The molecule has 4 aromatic carbocycles. The fraction of sp³-hybridized carbons (Fsp3) is 0.163. The molecular weight excluding hydrogens is 574 g/mol. The second-order valence-corrected chi connectivity index (χ2v) is 14.3. The minimum absolute atomic E-state index is 0.0467. The van der Waals surface area contributed by atoms with E-state index in [0.29, 0.717) is 0 Å². The highest BCUT2D eigenvalue weighted by Crippen LogP contribution is 2.56. The van der Waals surface area contributed by atoms with Gasteiger partial charge in [-0.05, 0) is 64.6 Å². The van der Waals surface area contributed by atoms with E-state index in [1.807, 2.05) is 24.4 Å². The van der Waals surface area contributed by atoms with Gasteiger partial charge >= 0.3 is 0 Å². The Morgan fingerprint density at radius 2 is 1.43 bits per heavy atom. The van der Waals surface area contributed by atoms with E-state index in [9.17, 15) is 0 Å². The minimum Gasteiger partial charge on any atom is -0.457 e. The van der Waals surface area contributed by atoms with Crippen LogP contribution in [0.5, 0.6) is 11.5 Å². The quantitative estimate of drug-likeness (QED) is 0.199. The van der Waals surface area contributed by atoms with E-state index >= 15 is 0 Å². The van der Waals surface area contributed by atoms with E-state index in [1.165, 1.54) is 55.1 Å². The van der Waals surface area contributed by atoms with Crippen molar-refractivity contribution in [1.82, 2.24) is 14.4 Å². The van der Waals surface area contributed by atoms with Crippen molar-refractivity contribution in [3.05, 3.63) is 138 Å². The molecule has 0 aliphatic heterocycles. The second-order valence-electron chi connectivity index (χ2n) is 14.3. The van der Waals surface area contributed by atoms with Crippen molar-refractivity contribution >= 4 is 27.2 Å². The summed E-state index contributed by atoms with van der Waals surface area (Å²) in [5.74, 6) is 1.54. The van der Waals surface area contributed by atoms with Gasteiger partial charge in [0.05, 0.1) is 22.4 Å². The lowest BCUT2D eigenvalue weighted by Crippen LogP contribution is -2.17. The maximum atomic E-state index is 6.53. The Morgan fingerprint density at radius 3 is 2.23 bits per heavy atom. The number of rotatable bonds is 4. The van der Waals surface area contributed by atoms with Crippen molar-refractivity contribution < 1.29 is 4.74 Å². The zero-order valence-corrected chi connectivity index (χ0v) is 27.3. The number of nitrogens with zero attached hydrogens (tertiary/aromatic N) is 3. The zero-order chi connectivity index (χ0) is 32.1. The van der Waals surface area contributed by atoms with Gasteiger partial charge in [0, 0.05) is 56.4 Å². The summed E-state index contributed by atoms with van der Waals surface area (Å²) in [5, 5.41) is 3.63. The van der Waals surface area contributed by atoms with Gasteiger partial charge in [-0.3, -0.25) is 9.97 Å². The van der Waals surface area contributed by atoms with Gasteiger partial charge in [0.15, 0.2) is 0 Å². The topological polar surface area (TPSA) is 39.4 Å². The van der Waals surface area contributed by atoms with Crippen LogP contribution in [0, 0.1) is 0 Å². The van der Waals surface area contributed by atoms with Crippen LogP contribution in [0.3, 0.4) is 0 Å². The van der Waals surface area contributed by atoms with E-state index in [1.54, 1.807) is 0 Å². The van der Waals surface area contributed by atoms with Crippen LogP contribution in [-0.4, -0.2) is 14.4 Å². The summed E-state index contributed by atoms with van der Waals surface area (Å²) in [6, 6.07) is 38.4. The molecule has 1 aliphatic rings. The van der Waals surface area contributed by atoms with Crippen LogP contribution in [-0.2, 0) is 10.8 Å². The lowest BCUT2D eigenvalue weighted by Gasteiger charge is -2.21. The highest BCUT2D eigenvalue weighted by molar-refractivity contribution is 6.22. The van der Waals surface area contributed by atoms with Crippen LogP contribution in [0.25, 0.3) is 60.8 Å². The molecule has 0 radical (unpaired) electrons. The normalized spacial score (nSPS) is 13.8. The molecule has 9 rings (SSSR count). The van der Waals surface area contributed by atoms with E-state index in [0.717, 1.165) is 34.0 Å². The first-order valence-electron chi connectivity index (χ1n) is 16.3. The van der Waals surface area contributed by atoms with E-state index < -0.39 is 0 Å². The molecule has 0 fully saturated rings. The summed E-state index contributed by atoms with van der Waals surface area (Å²) < 4.78 is 9.03. The number of para-hydroxylation sites is 1. The van der Waals surface area contributed by atoms with Gasteiger partial charge in [-0.15, -0.1) is 0 Å². The van der Waals surface area contributed by atoms with E-state index in [-0.39, 0.29) is 10.8 Å². The van der Waals surface area contributed by atoms with Gasteiger partial charge in [0.25, 0.3) is 0 Å². The summed E-state index contributed by atoms with van der Waals surface area (Å²) >= 11 is 0. The highest BCUT2D eigenvalue weighted by atomic mass is 16.5. The van der Waals surface area contributed by atoms with E-state index in [4.69, 9.17) is 9.72 Å². The smallest absolute Gasteiger partial charge is 0.128 e. The Kier molecular flexibility index (Phi) is 5.77. The Morgan fingerprint density at radius 1 is 0.702 bits per heavy atom. The summed E-state index contributed by atoms with van der Waals surface area (Å²) in [6.07, 6.45) is 3.95. The third-order valence-electron chi connectivity index (χ3n) is 9.98. The lowest BCUT2D eigenvalue weighted by atomic mass is 9.85. The number of benzene rings is 4. The summed E-state index contributed by atoms with van der Waals surface area (Å²) in [4.78, 5) is 9.88. The monoisotopic (exact) mass is 609 g/mol. The van der Waals surface area contributed by atoms with Gasteiger partial charge in [0.1, 0.15) is 11.5 Å². The molecule has 0 saturated carbocycles. The zero-order valence-electron chi connectivity index (χ0n) is 27.3. The first-order valence-corrected chi connectivity index (χ1v) is 16.3. The molecule has 228 valence electrons. The van der Waals surface area contributed by atoms with Gasteiger partial charge in [-0.1, -0.05) is 101 Å². The molecule has 4 heteroatoms. The third-order valence-corrected chi connectivity index (χ3v) is 9.98. The lowest BCUT2D eigenvalue weighted by molar-refractivity contribution is 0.483. The molecule has 0 amide bonds. The molecule has 1 aliphatic carbocycles. The number of aromatic nitrogens is 3. The molecule has 47 heavy (non-hydrogen) atoms. The van der Waals surface area contributed by atoms with E-state index in [2.05, 4.69) is 141 Å². The Balaban J connectivity index is 1.19. The van der Waals surface area contributed by atoms with Crippen molar-refractivity contribution in [2.75, 3.05) is 0 Å². The molecule has 0 atom stereocenters. The Bertz CT molecular complexity index is 2510. The van der Waals surface area contributed by atoms with Crippen LogP contribution in [0.1, 0.15) is 51.4 Å². The highest BCUT2D eigenvalue weighted by Gasteiger charge is 2.41. The van der Waals surface area contributed by atoms with Gasteiger partial charge in [0.2, 0.25) is 0 Å². The number of fused-ring (bicyclic) bond motifs is 8. The predicted octanol–water partition coefficient (Wildman–Crippen LogP) is 11.2. The second kappa shape index (κ2) is 9.76. The molecule has 8 aromatic rings. The van der Waals surface area contributed by atoms with Crippen LogP contribution in [0.4, 0.5) is 0 Å². The maximum absolute atomic E-state index is 6.53. The SMILES string of the molecule is CC(C)(C)c1ccnc(-c2cccc(Oc3cccc(-c4ncc5c6ccccc6n6c7c(c4c56)-c4ccccc4C7(C)C)c3)c2)c1. The van der Waals surface area contributed by atoms with Crippen molar-refractivity contribution in [3.8, 4) is 45.1 Å². The largest absolute Gasteiger partial charge is 0.457 e. The fourth-order valence-corrected chi connectivity index (χ4v) is 7.71. The standard InChI is InChI=1S/C43H35N3O/c1-42(2,3)28-20-21-44-35(24-28)26-12-10-14-29(22-26)47-30-15-11-13-27(23-30)39-38-37-32-17-6-8-18-34(32)43(4,5)41(37)46-36-19-9-7-16-31(36)33(25-45-39)40(38)46/h6-25H,1-5H3. The van der Waals surface area contributed by atoms with Crippen molar-refractivity contribution in [2.24, 2.45) is 0 Å². The Labute approximate surface area is 274 Å². The molecule has 4 nitrogen and oxygen atoms in total. The molecule has 0 unspecified atom stereocenters. The molecule has 0 saturated heterocycles. The summed E-state index contributed by atoms with van der Waals surface area (Å²) in [6.45, 7) is 11.4. The molecule has 0 N–H and O–H groups in total. The molecule has 4 aromatic heterocycles. The molecule has 0 spiro atoms. The number of hydrogen-bond donors (Lipinski definition) is 0. The predicted molar refractivity (Wildman–Crippen MR) is 193 cm³/mol. The first kappa shape index (κ1) is 27.8.